The topological polar surface area (TPSA) is 56.1 Å². The lowest BCUT2D eigenvalue weighted by Gasteiger charge is -2.08. The van der Waals surface area contributed by atoms with Gasteiger partial charge in [-0.2, -0.15) is 5.10 Å². The average Bonchev–Trinajstić information content (AvgIpc) is 3.08. The van der Waals surface area contributed by atoms with Crippen LogP contribution in [0.1, 0.15) is 22.5 Å². The van der Waals surface area contributed by atoms with Gasteiger partial charge in [-0.15, -0.1) is 0 Å². The van der Waals surface area contributed by atoms with E-state index >= 15 is 0 Å². The summed E-state index contributed by atoms with van der Waals surface area (Å²) in [7, 11) is 3.52. The molecule has 0 saturated carbocycles. The Labute approximate surface area is 153 Å². The van der Waals surface area contributed by atoms with Crippen molar-refractivity contribution in [3.05, 3.63) is 71.9 Å². The summed E-state index contributed by atoms with van der Waals surface area (Å²) in [4.78, 5) is 12.4. The molecule has 1 amide bonds. The molecule has 1 heterocycles. The van der Waals surface area contributed by atoms with Crippen LogP contribution in [0.5, 0.6) is 5.75 Å². The molecule has 134 valence electrons. The van der Waals surface area contributed by atoms with Crippen LogP contribution in [0.4, 0.5) is 0 Å². The van der Waals surface area contributed by atoms with Crippen molar-refractivity contribution in [2.45, 2.75) is 12.8 Å². The van der Waals surface area contributed by atoms with E-state index in [0.717, 1.165) is 35.4 Å². The van der Waals surface area contributed by atoms with Gasteiger partial charge in [-0.05, 0) is 36.1 Å². The first-order valence-electron chi connectivity index (χ1n) is 8.68. The van der Waals surface area contributed by atoms with Crippen molar-refractivity contribution in [1.82, 2.24) is 15.1 Å². The minimum Gasteiger partial charge on any atom is -0.496 e. The van der Waals surface area contributed by atoms with Crippen molar-refractivity contribution in [3.63, 3.8) is 0 Å². The van der Waals surface area contributed by atoms with Crippen LogP contribution in [-0.4, -0.2) is 29.3 Å². The molecule has 0 fully saturated rings. The maximum atomic E-state index is 12.4. The minimum absolute atomic E-state index is 0.150. The zero-order chi connectivity index (χ0) is 18.4. The third kappa shape index (κ3) is 4.11. The number of aromatic nitrogens is 2. The first-order chi connectivity index (χ1) is 12.7. The molecule has 0 aliphatic rings. The summed E-state index contributed by atoms with van der Waals surface area (Å²) in [6.07, 6.45) is 1.69. The molecular weight excluding hydrogens is 326 g/mol. The largest absolute Gasteiger partial charge is 0.496 e. The lowest BCUT2D eigenvalue weighted by molar-refractivity contribution is 0.0947. The molecular formula is C21H23N3O2. The fourth-order valence-corrected chi connectivity index (χ4v) is 2.94. The zero-order valence-corrected chi connectivity index (χ0v) is 15.1. The second kappa shape index (κ2) is 8.34. The Morgan fingerprint density at radius 2 is 1.85 bits per heavy atom. The summed E-state index contributed by atoms with van der Waals surface area (Å²) in [5.74, 6) is 0.735. The number of carbonyl (C=O) groups is 1. The van der Waals surface area contributed by atoms with Gasteiger partial charge in [0, 0.05) is 13.6 Å². The fraction of sp³-hybridized carbons (Fsp3) is 0.238. The van der Waals surface area contributed by atoms with Crippen molar-refractivity contribution in [1.29, 1.82) is 0 Å². The van der Waals surface area contributed by atoms with Gasteiger partial charge in [-0.25, -0.2) is 0 Å². The molecule has 0 atom stereocenters. The van der Waals surface area contributed by atoms with Gasteiger partial charge in [-0.3, -0.25) is 9.48 Å². The molecule has 3 rings (SSSR count). The molecule has 1 aromatic heterocycles. The Kier molecular flexibility index (Phi) is 5.69. The SMILES string of the molecule is COc1ccccc1CCCNC(=O)c1cc(-c2ccccc2)n(C)n1. The van der Waals surface area contributed by atoms with Crippen molar-refractivity contribution in [3.8, 4) is 17.0 Å². The van der Waals surface area contributed by atoms with Gasteiger partial charge in [0.15, 0.2) is 5.69 Å². The number of para-hydroxylation sites is 1. The van der Waals surface area contributed by atoms with Gasteiger partial charge in [0.05, 0.1) is 12.8 Å². The molecule has 5 nitrogen and oxygen atoms in total. The number of methoxy groups -OCH3 is 1. The number of aryl methyl sites for hydroxylation is 2. The fourth-order valence-electron chi connectivity index (χ4n) is 2.94. The molecule has 0 aliphatic heterocycles. The molecule has 1 N–H and O–H groups in total. The average molecular weight is 349 g/mol. The first-order valence-corrected chi connectivity index (χ1v) is 8.68. The van der Waals surface area contributed by atoms with Crippen LogP contribution < -0.4 is 10.1 Å². The predicted octanol–water partition coefficient (Wildman–Crippen LogP) is 3.46. The molecule has 0 bridgehead atoms. The van der Waals surface area contributed by atoms with Crippen LogP contribution in [0.15, 0.2) is 60.7 Å². The standard InChI is InChI=1S/C21H23N3O2/c1-24-19(16-9-4-3-5-10-16)15-18(23-24)21(25)22-14-8-12-17-11-6-7-13-20(17)26-2/h3-7,9-11,13,15H,8,12,14H2,1-2H3,(H,22,25). The number of benzene rings is 2. The van der Waals surface area contributed by atoms with Crippen LogP contribution >= 0.6 is 0 Å². The van der Waals surface area contributed by atoms with E-state index in [1.165, 1.54) is 0 Å². The molecule has 0 aliphatic carbocycles. The number of carbonyl (C=O) groups excluding carboxylic acids is 1. The Hall–Kier alpha value is -3.08. The number of ether oxygens (including phenoxy) is 1. The summed E-state index contributed by atoms with van der Waals surface area (Å²) < 4.78 is 7.09. The van der Waals surface area contributed by atoms with E-state index in [4.69, 9.17) is 4.74 Å². The number of hydrogen-bond acceptors (Lipinski definition) is 3. The number of nitrogens with one attached hydrogen (secondary N) is 1. The van der Waals surface area contributed by atoms with E-state index in [0.29, 0.717) is 12.2 Å². The highest BCUT2D eigenvalue weighted by molar-refractivity contribution is 5.93. The minimum atomic E-state index is -0.150. The highest BCUT2D eigenvalue weighted by Crippen LogP contribution is 2.20. The van der Waals surface area contributed by atoms with Crippen LogP contribution in [0.2, 0.25) is 0 Å². The van der Waals surface area contributed by atoms with Crippen molar-refractivity contribution in [2.75, 3.05) is 13.7 Å². The van der Waals surface area contributed by atoms with Crippen LogP contribution in [0.3, 0.4) is 0 Å². The second-order valence-electron chi connectivity index (χ2n) is 6.08. The molecule has 0 radical (unpaired) electrons. The summed E-state index contributed by atoms with van der Waals surface area (Å²) in [6.45, 7) is 0.591. The van der Waals surface area contributed by atoms with Gasteiger partial charge in [0.1, 0.15) is 5.75 Å². The van der Waals surface area contributed by atoms with E-state index in [-0.39, 0.29) is 5.91 Å². The lowest BCUT2D eigenvalue weighted by atomic mass is 10.1. The third-order valence-electron chi connectivity index (χ3n) is 4.28. The quantitative estimate of drug-likeness (QED) is 0.665. The molecule has 26 heavy (non-hydrogen) atoms. The predicted molar refractivity (Wildman–Crippen MR) is 102 cm³/mol. The Balaban J connectivity index is 1.56. The van der Waals surface area contributed by atoms with Crippen molar-refractivity contribution in [2.24, 2.45) is 7.05 Å². The number of rotatable bonds is 7. The molecule has 0 unspecified atom stereocenters. The second-order valence-corrected chi connectivity index (χ2v) is 6.08. The van der Waals surface area contributed by atoms with Crippen molar-refractivity contribution >= 4 is 5.91 Å². The van der Waals surface area contributed by atoms with Crippen LogP contribution in [0, 0.1) is 0 Å². The Bertz CT molecular complexity index is 872. The van der Waals surface area contributed by atoms with E-state index in [2.05, 4.69) is 10.4 Å². The maximum absolute atomic E-state index is 12.4. The molecule has 0 spiro atoms. The number of nitrogens with zero attached hydrogens (tertiary/aromatic N) is 2. The molecule has 2 aromatic carbocycles. The summed E-state index contributed by atoms with van der Waals surface area (Å²) >= 11 is 0. The van der Waals surface area contributed by atoms with Gasteiger partial charge in [0.25, 0.3) is 5.91 Å². The number of amides is 1. The van der Waals surface area contributed by atoms with E-state index in [1.807, 2.05) is 67.7 Å². The molecule has 3 aromatic rings. The first kappa shape index (κ1) is 17.7. The monoisotopic (exact) mass is 349 g/mol. The van der Waals surface area contributed by atoms with E-state index in [9.17, 15) is 4.79 Å². The lowest BCUT2D eigenvalue weighted by Crippen LogP contribution is -2.25. The molecule has 5 heteroatoms. The van der Waals surface area contributed by atoms with Gasteiger partial charge < -0.3 is 10.1 Å². The third-order valence-corrected chi connectivity index (χ3v) is 4.28. The zero-order valence-electron chi connectivity index (χ0n) is 15.1. The highest BCUT2D eigenvalue weighted by Gasteiger charge is 2.13. The van der Waals surface area contributed by atoms with Gasteiger partial charge >= 0.3 is 0 Å². The Morgan fingerprint density at radius 1 is 1.12 bits per heavy atom. The Morgan fingerprint density at radius 3 is 2.62 bits per heavy atom. The number of hydrogen-bond donors (Lipinski definition) is 1. The smallest absolute Gasteiger partial charge is 0.271 e. The van der Waals surface area contributed by atoms with Crippen LogP contribution in [-0.2, 0) is 13.5 Å². The molecule has 0 saturated heterocycles. The summed E-state index contributed by atoms with van der Waals surface area (Å²) in [5.41, 5.74) is 3.54. The van der Waals surface area contributed by atoms with Gasteiger partial charge in [-0.1, -0.05) is 48.5 Å². The normalized spacial score (nSPS) is 10.5. The van der Waals surface area contributed by atoms with E-state index < -0.39 is 0 Å². The van der Waals surface area contributed by atoms with Gasteiger partial charge in [0.2, 0.25) is 0 Å². The van der Waals surface area contributed by atoms with Crippen molar-refractivity contribution < 1.29 is 9.53 Å². The summed E-state index contributed by atoms with van der Waals surface area (Å²) in [5, 5.41) is 7.28. The maximum Gasteiger partial charge on any atom is 0.271 e. The van der Waals surface area contributed by atoms with Crippen LogP contribution in [0.25, 0.3) is 11.3 Å². The summed E-state index contributed by atoms with van der Waals surface area (Å²) in [6, 6.07) is 19.7. The van der Waals surface area contributed by atoms with E-state index in [1.54, 1.807) is 11.8 Å². The highest BCUT2D eigenvalue weighted by atomic mass is 16.5.